The van der Waals surface area contributed by atoms with E-state index in [1.165, 1.54) is 5.06 Å². The number of carbonyl (C=O) groups excluding carboxylic acids is 1. The Bertz CT molecular complexity index is 648. The summed E-state index contributed by atoms with van der Waals surface area (Å²) in [5, 5.41) is 1.53. The summed E-state index contributed by atoms with van der Waals surface area (Å²) >= 11 is 0. The fourth-order valence-electron chi connectivity index (χ4n) is 3.02. The lowest BCUT2D eigenvalue weighted by atomic mass is 9.88. The standard InChI is InChI=1S/C20H23NO3/c1-23-18-11-9-17(10-12-18)19(16-7-3-2-4-8-16)15-20(22)21-13-5-6-14-24-21/h2-4,7-12,19H,5-6,13-15H2,1H3/t19-/m1/s1. The molecule has 0 unspecified atom stereocenters. The summed E-state index contributed by atoms with van der Waals surface area (Å²) in [4.78, 5) is 18.2. The predicted octanol–water partition coefficient (Wildman–Crippen LogP) is 3.77. The molecule has 1 heterocycles. The Morgan fingerprint density at radius 1 is 1.08 bits per heavy atom. The number of benzene rings is 2. The van der Waals surface area contributed by atoms with Gasteiger partial charge < -0.3 is 4.74 Å². The largest absolute Gasteiger partial charge is 0.497 e. The van der Waals surface area contributed by atoms with Crippen molar-refractivity contribution in [1.82, 2.24) is 5.06 Å². The van der Waals surface area contributed by atoms with Crippen LogP contribution in [0.5, 0.6) is 5.75 Å². The topological polar surface area (TPSA) is 38.8 Å². The third-order valence-corrected chi connectivity index (χ3v) is 4.38. The molecule has 0 bridgehead atoms. The van der Waals surface area contributed by atoms with Crippen LogP contribution in [-0.2, 0) is 9.63 Å². The number of carbonyl (C=O) groups is 1. The molecule has 4 nitrogen and oxygen atoms in total. The quantitative estimate of drug-likeness (QED) is 0.840. The van der Waals surface area contributed by atoms with Gasteiger partial charge in [-0.1, -0.05) is 42.5 Å². The Labute approximate surface area is 143 Å². The fraction of sp³-hybridized carbons (Fsp3) is 0.350. The van der Waals surface area contributed by atoms with Crippen LogP contribution < -0.4 is 4.74 Å². The highest BCUT2D eigenvalue weighted by Crippen LogP contribution is 2.30. The molecule has 2 aromatic carbocycles. The molecule has 4 heteroatoms. The first-order valence-electron chi connectivity index (χ1n) is 8.40. The van der Waals surface area contributed by atoms with Gasteiger partial charge in [-0.05, 0) is 36.1 Å². The first-order valence-corrected chi connectivity index (χ1v) is 8.40. The molecule has 0 N–H and O–H groups in total. The molecule has 0 saturated carbocycles. The Balaban J connectivity index is 1.83. The van der Waals surface area contributed by atoms with Crippen LogP contribution in [0, 0.1) is 0 Å². The van der Waals surface area contributed by atoms with Gasteiger partial charge in [0.15, 0.2) is 0 Å². The van der Waals surface area contributed by atoms with Crippen LogP contribution >= 0.6 is 0 Å². The van der Waals surface area contributed by atoms with Crippen LogP contribution in [0.15, 0.2) is 54.6 Å². The summed E-state index contributed by atoms with van der Waals surface area (Å²) in [7, 11) is 1.65. The van der Waals surface area contributed by atoms with Crippen LogP contribution in [0.3, 0.4) is 0 Å². The van der Waals surface area contributed by atoms with E-state index in [9.17, 15) is 4.79 Å². The number of hydrogen-bond acceptors (Lipinski definition) is 3. The number of hydrogen-bond donors (Lipinski definition) is 0. The molecule has 0 aliphatic carbocycles. The summed E-state index contributed by atoms with van der Waals surface area (Å²) in [6.45, 7) is 1.31. The van der Waals surface area contributed by atoms with Gasteiger partial charge in [0.1, 0.15) is 5.75 Å². The van der Waals surface area contributed by atoms with Crippen molar-refractivity contribution in [3.8, 4) is 5.75 Å². The minimum atomic E-state index is 0.00938. The van der Waals surface area contributed by atoms with Crippen LogP contribution in [0.25, 0.3) is 0 Å². The first-order chi connectivity index (χ1) is 11.8. The van der Waals surface area contributed by atoms with Crippen LogP contribution in [0.2, 0.25) is 0 Å². The van der Waals surface area contributed by atoms with Crippen molar-refractivity contribution in [3.63, 3.8) is 0 Å². The number of rotatable bonds is 5. The maximum atomic E-state index is 12.7. The second kappa shape index (κ2) is 7.97. The zero-order valence-electron chi connectivity index (χ0n) is 14.0. The number of hydroxylamine groups is 2. The van der Waals surface area contributed by atoms with Crippen molar-refractivity contribution in [2.45, 2.75) is 25.2 Å². The molecule has 1 aliphatic heterocycles. The molecule has 0 radical (unpaired) electrons. The van der Waals surface area contributed by atoms with E-state index in [1.54, 1.807) is 7.11 Å². The number of ether oxygens (including phenoxy) is 1. The highest BCUT2D eigenvalue weighted by atomic mass is 16.7. The van der Waals surface area contributed by atoms with Crippen molar-refractivity contribution < 1.29 is 14.4 Å². The smallest absolute Gasteiger partial charge is 0.247 e. The SMILES string of the molecule is COc1ccc([C@H](CC(=O)N2CCCCO2)c2ccccc2)cc1. The summed E-state index contributed by atoms with van der Waals surface area (Å²) < 4.78 is 5.24. The molecule has 126 valence electrons. The van der Waals surface area contributed by atoms with E-state index in [4.69, 9.17) is 9.57 Å². The minimum Gasteiger partial charge on any atom is -0.497 e. The van der Waals surface area contributed by atoms with Gasteiger partial charge in [0, 0.05) is 18.9 Å². The van der Waals surface area contributed by atoms with E-state index < -0.39 is 0 Å². The van der Waals surface area contributed by atoms with E-state index in [0.717, 1.165) is 29.7 Å². The van der Waals surface area contributed by atoms with Gasteiger partial charge in [0.2, 0.25) is 5.91 Å². The second-order valence-corrected chi connectivity index (χ2v) is 5.98. The lowest BCUT2D eigenvalue weighted by Gasteiger charge is -2.28. The third-order valence-electron chi connectivity index (χ3n) is 4.38. The van der Waals surface area contributed by atoms with Crippen molar-refractivity contribution >= 4 is 5.91 Å². The van der Waals surface area contributed by atoms with E-state index >= 15 is 0 Å². The fourth-order valence-corrected chi connectivity index (χ4v) is 3.02. The lowest BCUT2D eigenvalue weighted by Crippen LogP contribution is -2.36. The molecule has 1 amide bonds. The van der Waals surface area contributed by atoms with Gasteiger partial charge in [-0.2, -0.15) is 0 Å². The Morgan fingerprint density at radius 2 is 1.79 bits per heavy atom. The third kappa shape index (κ3) is 3.95. The highest BCUT2D eigenvalue weighted by Gasteiger charge is 2.24. The molecule has 2 aromatic rings. The van der Waals surface area contributed by atoms with E-state index in [2.05, 4.69) is 12.1 Å². The number of methoxy groups -OCH3 is 1. The zero-order valence-corrected chi connectivity index (χ0v) is 14.0. The molecule has 1 saturated heterocycles. The summed E-state index contributed by atoms with van der Waals surface area (Å²) in [6.07, 6.45) is 2.42. The summed E-state index contributed by atoms with van der Waals surface area (Å²) in [6, 6.07) is 18.1. The first kappa shape index (κ1) is 16.5. The normalized spacial score (nSPS) is 15.8. The van der Waals surface area contributed by atoms with Crippen molar-refractivity contribution in [2.24, 2.45) is 0 Å². The van der Waals surface area contributed by atoms with Crippen LogP contribution in [0.1, 0.15) is 36.3 Å². The van der Waals surface area contributed by atoms with Crippen molar-refractivity contribution in [1.29, 1.82) is 0 Å². The molecule has 0 spiro atoms. The number of amides is 1. The van der Waals surface area contributed by atoms with E-state index in [0.29, 0.717) is 19.6 Å². The van der Waals surface area contributed by atoms with Gasteiger partial charge in [-0.3, -0.25) is 9.63 Å². The number of nitrogens with zero attached hydrogens (tertiary/aromatic N) is 1. The molecule has 1 aliphatic rings. The average Bonchev–Trinajstić information content (AvgIpc) is 2.67. The van der Waals surface area contributed by atoms with Crippen molar-refractivity contribution in [2.75, 3.05) is 20.3 Å². The Hall–Kier alpha value is -2.33. The van der Waals surface area contributed by atoms with Crippen LogP contribution in [-0.4, -0.2) is 31.2 Å². The van der Waals surface area contributed by atoms with Gasteiger partial charge >= 0.3 is 0 Å². The molecule has 3 rings (SSSR count). The van der Waals surface area contributed by atoms with Crippen molar-refractivity contribution in [3.05, 3.63) is 65.7 Å². The zero-order chi connectivity index (χ0) is 16.8. The van der Waals surface area contributed by atoms with E-state index in [-0.39, 0.29) is 11.8 Å². The van der Waals surface area contributed by atoms with E-state index in [1.807, 2.05) is 42.5 Å². The van der Waals surface area contributed by atoms with Gasteiger partial charge in [0.25, 0.3) is 0 Å². The molecule has 0 aromatic heterocycles. The molecular formula is C20H23NO3. The Morgan fingerprint density at radius 3 is 2.42 bits per heavy atom. The summed E-state index contributed by atoms with van der Waals surface area (Å²) in [5.41, 5.74) is 2.24. The van der Waals surface area contributed by atoms with Crippen LogP contribution in [0.4, 0.5) is 0 Å². The lowest BCUT2D eigenvalue weighted by molar-refractivity contribution is -0.197. The van der Waals surface area contributed by atoms with Gasteiger partial charge in [0.05, 0.1) is 13.7 Å². The average molecular weight is 325 g/mol. The maximum Gasteiger partial charge on any atom is 0.247 e. The monoisotopic (exact) mass is 325 g/mol. The maximum absolute atomic E-state index is 12.7. The Kier molecular flexibility index (Phi) is 5.49. The van der Waals surface area contributed by atoms with Gasteiger partial charge in [-0.25, -0.2) is 5.06 Å². The molecular weight excluding hydrogens is 302 g/mol. The minimum absolute atomic E-state index is 0.00938. The van der Waals surface area contributed by atoms with Gasteiger partial charge in [-0.15, -0.1) is 0 Å². The molecule has 24 heavy (non-hydrogen) atoms. The molecule has 1 atom stereocenters. The highest BCUT2D eigenvalue weighted by molar-refractivity contribution is 5.76. The second-order valence-electron chi connectivity index (χ2n) is 5.98. The molecule has 1 fully saturated rings. The summed E-state index contributed by atoms with van der Waals surface area (Å²) in [5.74, 6) is 0.866. The predicted molar refractivity (Wildman–Crippen MR) is 92.8 cm³/mol.